The van der Waals surface area contributed by atoms with E-state index in [4.69, 9.17) is 15.9 Å². The monoisotopic (exact) mass is 856 g/mol. The molecule has 0 bridgehead atoms. The lowest BCUT2D eigenvalue weighted by Gasteiger charge is -2.38. The number of carbonyl (C=O) groups excluding carboxylic acids is 2. The number of aryl methyl sites for hydroxylation is 1. The average Bonchev–Trinajstić information content (AvgIpc) is 3.77. The number of carbonyl (C=O) groups is 2. The van der Waals surface area contributed by atoms with Crippen molar-refractivity contribution in [2.45, 2.75) is 75.3 Å². The van der Waals surface area contributed by atoms with E-state index in [2.05, 4.69) is 30.6 Å². The SMILES string of the molecule is CC(C)Oc1c(/C(C=N)=C/N)ncn2nc(Nc3ccc(S(=O)(=O)N4CCCC(CN5CCC(c6ccc7c(c6)n(C)c(=O)n7C6CCC(=O)NC6=O)CC5)C4)cc3F)nc12. The number of allylic oxidation sites excluding steroid dienone is 1. The molecule has 18 nitrogen and oxygen atoms in total. The molecule has 2 atom stereocenters. The van der Waals surface area contributed by atoms with Crippen LogP contribution in [-0.4, -0.2) is 103 Å². The normalized spacial score (nSPS) is 20.1. The first-order chi connectivity index (χ1) is 29.2. The number of aromatic nitrogens is 6. The third-order valence-electron chi connectivity index (χ3n) is 11.8. The van der Waals surface area contributed by atoms with E-state index in [9.17, 15) is 22.8 Å². The highest BCUT2D eigenvalue weighted by Gasteiger charge is 2.34. The third kappa shape index (κ3) is 8.14. The van der Waals surface area contributed by atoms with Crippen LogP contribution in [0.4, 0.5) is 16.0 Å². The highest BCUT2D eigenvalue weighted by Crippen LogP contribution is 2.34. The number of nitrogens with one attached hydrogen (secondary N) is 3. The Bertz CT molecular complexity index is 2740. The Morgan fingerprint density at radius 3 is 2.57 bits per heavy atom. The van der Waals surface area contributed by atoms with Crippen LogP contribution in [0.5, 0.6) is 5.75 Å². The molecule has 20 heteroatoms. The molecule has 6 heterocycles. The summed E-state index contributed by atoms with van der Waals surface area (Å²) in [6, 6.07) is 8.97. The zero-order valence-electron chi connectivity index (χ0n) is 34.2. The highest BCUT2D eigenvalue weighted by atomic mass is 32.2. The van der Waals surface area contributed by atoms with Gasteiger partial charge in [0, 0.05) is 51.1 Å². The fraction of sp³-hybridized carbons (Fsp3) is 0.439. The first-order valence-corrected chi connectivity index (χ1v) is 21.9. The van der Waals surface area contributed by atoms with Gasteiger partial charge in [-0.15, -0.1) is 5.10 Å². The van der Waals surface area contributed by atoms with Crippen molar-refractivity contribution < 1.29 is 27.1 Å². The van der Waals surface area contributed by atoms with E-state index in [1.54, 1.807) is 11.6 Å². The molecule has 3 aromatic heterocycles. The Hall–Kier alpha value is -5.99. The zero-order valence-corrected chi connectivity index (χ0v) is 35.0. The minimum Gasteiger partial charge on any atom is -0.485 e. The van der Waals surface area contributed by atoms with Crippen molar-refractivity contribution >= 4 is 61.9 Å². The molecule has 5 aromatic rings. The lowest BCUT2D eigenvalue weighted by atomic mass is 9.88. The van der Waals surface area contributed by atoms with Gasteiger partial charge in [0.1, 0.15) is 23.9 Å². The lowest BCUT2D eigenvalue weighted by molar-refractivity contribution is -0.135. The molecule has 3 fully saturated rings. The van der Waals surface area contributed by atoms with Crippen LogP contribution in [0.1, 0.15) is 75.6 Å². The lowest BCUT2D eigenvalue weighted by Crippen LogP contribution is -2.45. The maximum absolute atomic E-state index is 15.6. The van der Waals surface area contributed by atoms with E-state index in [1.807, 2.05) is 32.0 Å². The van der Waals surface area contributed by atoms with E-state index in [-0.39, 0.29) is 70.3 Å². The summed E-state index contributed by atoms with van der Waals surface area (Å²) in [7, 11) is -2.30. The highest BCUT2D eigenvalue weighted by molar-refractivity contribution is 7.89. The molecule has 61 heavy (non-hydrogen) atoms. The first-order valence-electron chi connectivity index (χ1n) is 20.4. The van der Waals surface area contributed by atoms with Gasteiger partial charge in [-0.3, -0.25) is 24.0 Å². The average molecular weight is 857 g/mol. The Labute approximate surface area is 351 Å². The number of rotatable bonds is 12. The molecule has 0 aliphatic carbocycles. The molecule has 0 spiro atoms. The fourth-order valence-corrected chi connectivity index (χ4v) is 10.3. The number of sulfonamides is 1. The minimum absolute atomic E-state index is 0.0211. The summed E-state index contributed by atoms with van der Waals surface area (Å²) < 4.78 is 55.2. The molecule has 2 amide bonds. The molecule has 0 radical (unpaired) electrons. The Balaban J connectivity index is 0.896. The number of nitrogens with zero attached hydrogens (tertiary/aromatic N) is 8. The number of ether oxygens (including phenoxy) is 1. The topological polar surface area (TPSA) is 228 Å². The van der Waals surface area contributed by atoms with E-state index >= 15 is 4.39 Å². The number of amides is 2. The molecular weight excluding hydrogens is 808 g/mol. The maximum Gasteiger partial charge on any atom is 0.329 e. The third-order valence-corrected chi connectivity index (χ3v) is 13.7. The van der Waals surface area contributed by atoms with E-state index in [0.717, 1.165) is 62.3 Å². The maximum atomic E-state index is 15.6. The smallest absolute Gasteiger partial charge is 0.329 e. The number of imidazole rings is 1. The van der Waals surface area contributed by atoms with Crippen molar-refractivity contribution in [3.8, 4) is 5.75 Å². The van der Waals surface area contributed by atoms with Crippen LogP contribution in [-0.2, 0) is 26.7 Å². The van der Waals surface area contributed by atoms with Crippen molar-refractivity contribution in [3.63, 3.8) is 0 Å². The van der Waals surface area contributed by atoms with Crippen molar-refractivity contribution in [1.82, 2.24) is 43.2 Å². The molecule has 0 saturated carbocycles. The van der Waals surface area contributed by atoms with Crippen LogP contribution in [0.3, 0.4) is 0 Å². The number of fused-ring (bicyclic) bond motifs is 2. The Morgan fingerprint density at radius 1 is 1.08 bits per heavy atom. The summed E-state index contributed by atoms with van der Waals surface area (Å²) in [6.45, 7) is 6.74. The summed E-state index contributed by atoms with van der Waals surface area (Å²) in [5.74, 6) is -0.931. The molecule has 3 aliphatic rings. The van der Waals surface area contributed by atoms with Gasteiger partial charge in [0.15, 0.2) is 5.75 Å². The van der Waals surface area contributed by atoms with Crippen LogP contribution in [0.15, 0.2) is 58.6 Å². The molecular formula is C41H49FN12O6S. The number of nitrogens with two attached hydrogens (primary N) is 1. The number of likely N-dealkylation sites (tertiary alicyclic amines) is 1. The largest absolute Gasteiger partial charge is 0.485 e. The second-order valence-corrected chi connectivity index (χ2v) is 18.1. The first kappa shape index (κ1) is 41.7. The molecule has 322 valence electrons. The van der Waals surface area contributed by atoms with Crippen molar-refractivity contribution in [3.05, 3.63) is 76.5 Å². The van der Waals surface area contributed by atoms with Crippen molar-refractivity contribution in [2.24, 2.45) is 18.7 Å². The number of piperidine rings is 3. The van der Waals surface area contributed by atoms with Gasteiger partial charge in [0.25, 0.3) is 0 Å². The Kier molecular flexibility index (Phi) is 11.5. The standard InChI is InChI=1S/C41H49FN12O6S/c1-24(2)60-37-36(28(19-43)20-44)45-23-53-38(37)48-40(49-53)46-31-8-7-29(18-30(31)42)61(58,59)52-14-4-5-25(22-52)21-51-15-12-26(13-16-51)27-6-9-32-34(17-27)50(3)41(57)54(32)33-10-11-35(55)47-39(33)56/h6-9,17-20,23-26,33,43H,4-5,10-16,21-22,44H2,1-3H3,(H,46,49)(H,47,55,56)/b28-20+,43-19?. The second kappa shape index (κ2) is 16.8. The van der Waals surface area contributed by atoms with Gasteiger partial charge in [-0.05, 0) is 107 Å². The van der Waals surface area contributed by atoms with Gasteiger partial charge < -0.3 is 26.1 Å². The van der Waals surface area contributed by atoms with Crippen LogP contribution in [0.2, 0.25) is 0 Å². The number of hydrogen-bond acceptors (Lipinski definition) is 13. The van der Waals surface area contributed by atoms with Gasteiger partial charge >= 0.3 is 5.69 Å². The summed E-state index contributed by atoms with van der Waals surface area (Å²) in [6.07, 6.45) is 7.23. The van der Waals surface area contributed by atoms with E-state index in [0.29, 0.717) is 36.3 Å². The van der Waals surface area contributed by atoms with Gasteiger partial charge in [-0.25, -0.2) is 22.6 Å². The van der Waals surface area contributed by atoms with Crippen LogP contribution in [0, 0.1) is 17.1 Å². The van der Waals surface area contributed by atoms with Gasteiger partial charge in [-0.2, -0.15) is 13.8 Å². The second-order valence-electron chi connectivity index (χ2n) is 16.2. The summed E-state index contributed by atoms with van der Waals surface area (Å²) in [5.41, 5.74) is 8.78. The molecule has 3 aliphatic heterocycles. The Morgan fingerprint density at radius 2 is 1.87 bits per heavy atom. The molecule has 5 N–H and O–H groups in total. The number of hydrogen-bond donors (Lipinski definition) is 4. The number of anilines is 2. The zero-order chi connectivity index (χ0) is 43.2. The molecule has 8 rings (SSSR count). The predicted molar refractivity (Wildman–Crippen MR) is 226 cm³/mol. The molecule has 2 aromatic carbocycles. The van der Waals surface area contributed by atoms with Crippen LogP contribution >= 0.6 is 0 Å². The summed E-state index contributed by atoms with van der Waals surface area (Å²) >= 11 is 0. The molecule has 2 unspecified atom stereocenters. The summed E-state index contributed by atoms with van der Waals surface area (Å²) in [4.78, 5) is 48.7. The van der Waals surface area contributed by atoms with Gasteiger partial charge in [-0.1, -0.05) is 6.07 Å². The van der Waals surface area contributed by atoms with E-state index < -0.39 is 27.8 Å². The van der Waals surface area contributed by atoms with Crippen molar-refractivity contribution in [2.75, 3.05) is 38.0 Å². The summed E-state index contributed by atoms with van der Waals surface area (Å²) in [5, 5.41) is 17.2. The van der Waals surface area contributed by atoms with E-state index in [1.165, 1.54) is 38.0 Å². The fourth-order valence-electron chi connectivity index (χ4n) is 8.73. The van der Waals surface area contributed by atoms with Gasteiger partial charge in [0.05, 0.1) is 27.7 Å². The van der Waals surface area contributed by atoms with Crippen molar-refractivity contribution in [1.29, 1.82) is 5.41 Å². The molecule has 3 saturated heterocycles. The van der Waals surface area contributed by atoms with Crippen LogP contribution < -0.4 is 26.8 Å². The number of halogens is 1. The van der Waals surface area contributed by atoms with Crippen LogP contribution in [0.25, 0.3) is 22.3 Å². The minimum atomic E-state index is -3.99. The quantitative estimate of drug-likeness (QED) is 0.104. The van der Waals surface area contributed by atoms with Gasteiger partial charge in [0.2, 0.25) is 33.4 Å². The number of imide groups is 1. The number of benzene rings is 2. The predicted octanol–water partition coefficient (Wildman–Crippen LogP) is 3.65.